The number of carbonyl (C=O) groups excluding carboxylic acids is 2. The molecule has 0 aliphatic carbocycles. The molecule has 2 N–H and O–H groups in total. The molecule has 0 spiro atoms. The first-order valence-corrected chi connectivity index (χ1v) is 11.7. The zero-order valence-corrected chi connectivity index (χ0v) is 18.9. The van der Waals surface area contributed by atoms with Crippen molar-refractivity contribution in [3.05, 3.63) is 89.4 Å². The van der Waals surface area contributed by atoms with E-state index < -0.39 is 15.9 Å². The summed E-state index contributed by atoms with van der Waals surface area (Å²) in [6.45, 7) is 1.11. The summed E-state index contributed by atoms with van der Waals surface area (Å²) < 4.78 is 26.1. The van der Waals surface area contributed by atoms with Crippen molar-refractivity contribution in [3.8, 4) is 11.3 Å². The quantitative estimate of drug-likeness (QED) is 0.434. The Labute approximate surface area is 195 Å². The van der Waals surface area contributed by atoms with Crippen LogP contribution in [0, 0.1) is 0 Å². The maximum absolute atomic E-state index is 13.2. The second kappa shape index (κ2) is 9.01. The van der Waals surface area contributed by atoms with Crippen molar-refractivity contribution in [3.63, 3.8) is 0 Å². The lowest BCUT2D eigenvalue weighted by Crippen LogP contribution is -2.28. The summed E-state index contributed by atoms with van der Waals surface area (Å²) in [5, 5.41) is 4.06. The molecule has 7 nitrogen and oxygen atoms in total. The van der Waals surface area contributed by atoms with Crippen LogP contribution in [0.25, 0.3) is 22.2 Å². The van der Waals surface area contributed by atoms with Crippen LogP contribution in [-0.4, -0.2) is 25.2 Å². The van der Waals surface area contributed by atoms with E-state index in [0.29, 0.717) is 32.9 Å². The van der Waals surface area contributed by atoms with Crippen LogP contribution >= 0.6 is 11.6 Å². The topological polar surface area (TPSA) is 105 Å². The van der Waals surface area contributed by atoms with Crippen LogP contribution in [0.4, 0.5) is 5.69 Å². The molecule has 0 bridgehead atoms. The largest absolute Gasteiger partial charge is 0.322 e. The number of pyridine rings is 1. The second-order valence-corrected chi connectivity index (χ2v) is 9.34. The van der Waals surface area contributed by atoms with Gasteiger partial charge in [0.2, 0.25) is 5.91 Å². The van der Waals surface area contributed by atoms with Crippen molar-refractivity contribution < 1.29 is 18.0 Å². The minimum Gasteiger partial charge on any atom is -0.322 e. The van der Waals surface area contributed by atoms with E-state index in [1.165, 1.54) is 24.3 Å². The highest BCUT2D eigenvalue weighted by Gasteiger charge is 2.17. The molecule has 0 atom stereocenters. The van der Waals surface area contributed by atoms with Crippen molar-refractivity contribution in [2.45, 2.75) is 11.8 Å². The van der Waals surface area contributed by atoms with E-state index in [1.54, 1.807) is 18.2 Å². The first-order valence-electron chi connectivity index (χ1n) is 9.83. The normalized spacial score (nSPS) is 11.2. The molecule has 0 aliphatic heterocycles. The van der Waals surface area contributed by atoms with Crippen LogP contribution in [0.2, 0.25) is 5.02 Å². The molecule has 0 saturated carbocycles. The summed E-state index contributed by atoms with van der Waals surface area (Å²) in [7, 11) is -3.96. The number of rotatable bonds is 5. The van der Waals surface area contributed by atoms with Gasteiger partial charge in [-0.15, -0.1) is 0 Å². The lowest BCUT2D eigenvalue weighted by Gasteiger charge is -2.11. The molecule has 4 rings (SSSR count). The number of halogens is 1. The molecule has 1 heterocycles. The summed E-state index contributed by atoms with van der Waals surface area (Å²) in [4.78, 5) is 28.8. The van der Waals surface area contributed by atoms with Crippen molar-refractivity contribution in [1.29, 1.82) is 0 Å². The molecular weight excluding hydrogens is 462 g/mol. The third-order valence-corrected chi connectivity index (χ3v) is 6.50. The van der Waals surface area contributed by atoms with Crippen molar-refractivity contribution in [2.75, 3.05) is 5.32 Å². The van der Waals surface area contributed by atoms with Crippen LogP contribution in [0.3, 0.4) is 0 Å². The van der Waals surface area contributed by atoms with Crippen LogP contribution in [0.15, 0.2) is 83.8 Å². The fourth-order valence-electron chi connectivity index (χ4n) is 3.30. The number of anilines is 1. The van der Waals surface area contributed by atoms with Crippen LogP contribution in [-0.2, 0) is 14.8 Å². The van der Waals surface area contributed by atoms with Crippen molar-refractivity contribution in [2.24, 2.45) is 0 Å². The Hall–Kier alpha value is -3.75. The SMILES string of the molecule is CC(=O)NS(=O)(=O)c1ccc(NC(=O)c2cc(-c3ccc(Cl)cc3)nc3ccccc23)cc1. The molecule has 9 heteroatoms. The fourth-order valence-corrected chi connectivity index (χ4v) is 4.41. The maximum atomic E-state index is 13.2. The molecular formula is C24H18ClN3O4S. The summed E-state index contributed by atoms with van der Waals surface area (Å²) in [5.74, 6) is -1.06. The van der Waals surface area contributed by atoms with E-state index in [1.807, 2.05) is 41.1 Å². The monoisotopic (exact) mass is 479 g/mol. The predicted octanol–water partition coefficient (Wildman–Crippen LogP) is 4.63. The summed E-state index contributed by atoms with van der Waals surface area (Å²) in [6.07, 6.45) is 0. The van der Waals surface area contributed by atoms with Gasteiger partial charge in [0, 0.05) is 28.6 Å². The predicted molar refractivity (Wildman–Crippen MR) is 128 cm³/mol. The van der Waals surface area contributed by atoms with Crippen molar-refractivity contribution in [1.82, 2.24) is 9.71 Å². The van der Waals surface area contributed by atoms with E-state index in [9.17, 15) is 18.0 Å². The van der Waals surface area contributed by atoms with Gasteiger partial charge in [-0.1, -0.05) is 41.9 Å². The van der Waals surface area contributed by atoms with Gasteiger partial charge in [0.1, 0.15) is 0 Å². The second-order valence-electron chi connectivity index (χ2n) is 7.22. The highest BCUT2D eigenvalue weighted by atomic mass is 35.5. The fraction of sp³-hybridized carbons (Fsp3) is 0.0417. The van der Waals surface area contributed by atoms with E-state index in [-0.39, 0.29) is 10.8 Å². The Balaban J connectivity index is 1.67. The number of hydrogen-bond donors (Lipinski definition) is 2. The molecule has 2 amide bonds. The molecule has 0 aliphatic rings. The average Bonchev–Trinajstić information content (AvgIpc) is 2.78. The maximum Gasteiger partial charge on any atom is 0.264 e. The minimum atomic E-state index is -3.96. The van der Waals surface area contributed by atoms with Crippen LogP contribution < -0.4 is 10.0 Å². The highest BCUT2D eigenvalue weighted by Crippen LogP contribution is 2.27. The van der Waals surface area contributed by atoms with Gasteiger partial charge < -0.3 is 5.32 Å². The molecule has 0 unspecified atom stereocenters. The first kappa shape index (κ1) is 22.4. The zero-order valence-electron chi connectivity index (χ0n) is 17.4. The molecule has 33 heavy (non-hydrogen) atoms. The summed E-state index contributed by atoms with van der Waals surface area (Å²) in [5.41, 5.74) is 2.90. The summed E-state index contributed by atoms with van der Waals surface area (Å²) >= 11 is 5.99. The van der Waals surface area contributed by atoms with E-state index in [2.05, 4.69) is 10.3 Å². The third kappa shape index (κ3) is 5.02. The van der Waals surface area contributed by atoms with E-state index >= 15 is 0 Å². The van der Waals surface area contributed by atoms with Gasteiger partial charge >= 0.3 is 0 Å². The molecule has 1 aromatic heterocycles. The van der Waals surface area contributed by atoms with E-state index in [4.69, 9.17) is 11.6 Å². The molecule has 0 saturated heterocycles. The first-order chi connectivity index (χ1) is 15.7. The number of para-hydroxylation sites is 1. The Morgan fingerprint density at radius 1 is 0.909 bits per heavy atom. The van der Waals surface area contributed by atoms with Gasteiger partial charge in [-0.2, -0.15) is 0 Å². The summed E-state index contributed by atoms with van der Waals surface area (Å²) in [6, 6.07) is 21.7. The zero-order chi connectivity index (χ0) is 23.6. The van der Waals surface area contributed by atoms with E-state index in [0.717, 1.165) is 12.5 Å². The molecule has 166 valence electrons. The van der Waals surface area contributed by atoms with Gasteiger partial charge in [-0.25, -0.2) is 18.1 Å². The number of sulfonamides is 1. The van der Waals surface area contributed by atoms with Crippen molar-refractivity contribution >= 4 is 50.0 Å². The van der Waals surface area contributed by atoms with Gasteiger partial charge in [0.05, 0.1) is 21.7 Å². The number of nitrogens with one attached hydrogen (secondary N) is 2. The van der Waals surface area contributed by atoms with Crippen LogP contribution in [0.5, 0.6) is 0 Å². The number of fused-ring (bicyclic) bond motifs is 1. The molecule has 0 radical (unpaired) electrons. The Bertz CT molecular complexity index is 1470. The van der Waals surface area contributed by atoms with Crippen LogP contribution in [0.1, 0.15) is 17.3 Å². The lowest BCUT2D eigenvalue weighted by molar-refractivity contribution is -0.117. The van der Waals surface area contributed by atoms with Gasteiger partial charge in [0.15, 0.2) is 0 Å². The number of aromatic nitrogens is 1. The standard InChI is InChI=1S/C24H18ClN3O4S/c1-15(29)28-33(31,32)19-12-10-18(11-13-19)26-24(30)21-14-23(16-6-8-17(25)9-7-16)27-22-5-3-2-4-20(21)22/h2-14H,1H3,(H,26,30)(H,28,29). The number of carbonyl (C=O) groups is 2. The van der Waals surface area contributed by atoms with Gasteiger partial charge in [0.25, 0.3) is 15.9 Å². The highest BCUT2D eigenvalue weighted by molar-refractivity contribution is 7.90. The average molecular weight is 480 g/mol. The lowest BCUT2D eigenvalue weighted by atomic mass is 10.0. The molecule has 0 fully saturated rings. The van der Waals surface area contributed by atoms with Gasteiger partial charge in [-0.05, 0) is 48.5 Å². The number of benzene rings is 3. The number of amides is 2. The molecule has 3 aromatic carbocycles. The smallest absolute Gasteiger partial charge is 0.264 e. The number of nitrogens with zero attached hydrogens (tertiary/aromatic N) is 1. The number of hydrogen-bond acceptors (Lipinski definition) is 5. The Kier molecular flexibility index (Phi) is 6.13. The minimum absolute atomic E-state index is 0.0879. The Morgan fingerprint density at radius 2 is 1.58 bits per heavy atom. The Morgan fingerprint density at radius 3 is 2.24 bits per heavy atom. The van der Waals surface area contributed by atoms with Gasteiger partial charge in [-0.3, -0.25) is 9.59 Å². The third-order valence-electron chi connectivity index (χ3n) is 4.80. The molecule has 4 aromatic rings.